The van der Waals surface area contributed by atoms with Crippen LogP contribution in [-0.4, -0.2) is 46.6 Å². The van der Waals surface area contributed by atoms with E-state index in [1.54, 1.807) is 19.2 Å². The van der Waals surface area contributed by atoms with Gasteiger partial charge in [-0.2, -0.15) is 0 Å². The Morgan fingerprint density at radius 2 is 1.77 bits per heavy atom. The molecule has 2 aromatic carbocycles. The number of hydrogen-bond donors (Lipinski definition) is 3. The second-order valence-corrected chi connectivity index (χ2v) is 9.59. The molecule has 30 heavy (non-hydrogen) atoms. The van der Waals surface area contributed by atoms with E-state index in [2.05, 4.69) is 49.5 Å². The summed E-state index contributed by atoms with van der Waals surface area (Å²) in [5.41, 5.74) is 2.25. The summed E-state index contributed by atoms with van der Waals surface area (Å²) in [5.74, 6) is 0.752. The molecule has 1 aliphatic heterocycles. The topological polar surface area (TPSA) is 85.8 Å². The number of sulfonamides is 1. The minimum absolute atomic E-state index is 0.110. The van der Waals surface area contributed by atoms with E-state index in [0.717, 1.165) is 43.9 Å². The summed E-state index contributed by atoms with van der Waals surface area (Å²) in [5, 5.41) is 6.81. The van der Waals surface area contributed by atoms with Crippen molar-refractivity contribution >= 4 is 21.7 Å². The Hall–Kier alpha value is -2.58. The molecule has 1 unspecified atom stereocenters. The van der Waals surface area contributed by atoms with Crippen LogP contribution < -0.4 is 20.3 Å². The molecule has 8 heteroatoms. The van der Waals surface area contributed by atoms with Crippen LogP contribution in [0, 0.1) is 0 Å². The smallest absolute Gasteiger partial charge is 0.240 e. The molecule has 0 radical (unpaired) electrons. The first-order valence-electron chi connectivity index (χ1n) is 10.4. The first-order chi connectivity index (χ1) is 14.5. The molecule has 1 heterocycles. The van der Waals surface area contributed by atoms with E-state index < -0.39 is 10.0 Å². The lowest BCUT2D eigenvalue weighted by molar-refractivity contribution is 0.581. The zero-order valence-electron chi connectivity index (χ0n) is 17.2. The number of hydrogen-bond acceptors (Lipinski definition) is 4. The van der Waals surface area contributed by atoms with Crippen molar-refractivity contribution in [3.05, 3.63) is 60.2 Å². The van der Waals surface area contributed by atoms with Gasteiger partial charge in [0.2, 0.25) is 10.0 Å². The highest BCUT2D eigenvalue weighted by Crippen LogP contribution is 2.22. The van der Waals surface area contributed by atoms with E-state index in [1.807, 2.05) is 18.2 Å². The largest absolute Gasteiger partial charge is 0.369 e. The predicted molar refractivity (Wildman–Crippen MR) is 120 cm³/mol. The van der Waals surface area contributed by atoms with Gasteiger partial charge >= 0.3 is 0 Å². The number of aliphatic imine (C=N–C) groups is 1. The van der Waals surface area contributed by atoms with Gasteiger partial charge in [0.05, 0.1) is 4.90 Å². The van der Waals surface area contributed by atoms with Crippen LogP contribution in [0.2, 0.25) is 0 Å². The second-order valence-electron chi connectivity index (χ2n) is 7.88. The maximum atomic E-state index is 12.3. The highest BCUT2D eigenvalue weighted by atomic mass is 32.2. The first kappa shape index (κ1) is 20.7. The average Bonchev–Trinajstić information content (AvgIpc) is 3.44. The maximum absolute atomic E-state index is 12.3. The Kier molecular flexibility index (Phi) is 6.24. The predicted octanol–water partition coefficient (Wildman–Crippen LogP) is 2.07. The van der Waals surface area contributed by atoms with Crippen LogP contribution >= 0.6 is 0 Å². The zero-order chi connectivity index (χ0) is 21.0. The lowest BCUT2D eigenvalue weighted by atomic mass is 10.2. The molecule has 4 rings (SSSR count). The van der Waals surface area contributed by atoms with Crippen LogP contribution in [0.3, 0.4) is 0 Å². The van der Waals surface area contributed by atoms with Crippen molar-refractivity contribution in [2.24, 2.45) is 4.99 Å². The van der Waals surface area contributed by atoms with E-state index >= 15 is 0 Å². The van der Waals surface area contributed by atoms with Gasteiger partial charge in [0.15, 0.2) is 5.96 Å². The summed E-state index contributed by atoms with van der Waals surface area (Å²) in [7, 11) is -1.64. The van der Waals surface area contributed by atoms with Gasteiger partial charge in [0, 0.05) is 44.5 Å². The molecular weight excluding hydrogens is 398 g/mol. The average molecular weight is 428 g/mol. The zero-order valence-corrected chi connectivity index (χ0v) is 18.0. The minimum Gasteiger partial charge on any atom is -0.369 e. The van der Waals surface area contributed by atoms with E-state index in [9.17, 15) is 8.42 Å². The molecule has 1 aliphatic carbocycles. The van der Waals surface area contributed by atoms with Crippen molar-refractivity contribution in [2.45, 2.75) is 42.8 Å². The van der Waals surface area contributed by atoms with E-state index in [1.165, 1.54) is 5.69 Å². The molecule has 1 atom stereocenters. The van der Waals surface area contributed by atoms with Gasteiger partial charge in [-0.05, 0) is 49.1 Å². The summed E-state index contributed by atoms with van der Waals surface area (Å²) < 4.78 is 27.2. The fraction of sp³-hybridized carbons (Fsp3) is 0.409. The minimum atomic E-state index is -3.40. The van der Waals surface area contributed by atoms with Crippen molar-refractivity contribution in [1.29, 1.82) is 0 Å². The Bertz CT molecular complexity index is 972. The third-order valence-electron chi connectivity index (χ3n) is 5.47. The molecule has 3 N–H and O–H groups in total. The van der Waals surface area contributed by atoms with Gasteiger partial charge < -0.3 is 15.5 Å². The molecule has 160 valence electrons. The van der Waals surface area contributed by atoms with Crippen molar-refractivity contribution in [1.82, 2.24) is 15.4 Å². The lowest BCUT2D eigenvalue weighted by Gasteiger charge is -2.20. The molecule has 0 amide bonds. The summed E-state index contributed by atoms with van der Waals surface area (Å²) in [6.07, 6.45) is 2.91. The van der Waals surface area contributed by atoms with Crippen molar-refractivity contribution in [3.8, 4) is 0 Å². The standard InChI is InChI=1S/C22H29N5O2S/c1-23-22(25-19-13-14-27(16-19)20-5-3-2-4-6-20)24-15-17-7-11-21(12-8-17)30(28,29)26-18-9-10-18/h2-8,11-12,18-19,26H,9-10,13-16H2,1H3,(H2,23,24,25). The number of nitrogens with one attached hydrogen (secondary N) is 3. The van der Waals surface area contributed by atoms with Crippen molar-refractivity contribution < 1.29 is 8.42 Å². The van der Waals surface area contributed by atoms with Crippen LogP contribution in [0.4, 0.5) is 5.69 Å². The molecule has 0 aromatic heterocycles. The molecule has 0 spiro atoms. The summed E-state index contributed by atoms with van der Waals surface area (Å²) in [6.45, 7) is 2.53. The number of guanidine groups is 1. The van der Waals surface area contributed by atoms with Gasteiger partial charge in [-0.3, -0.25) is 4.99 Å². The molecule has 2 aromatic rings. The number of nitrogens with zero attached hydrogens (tertiary/aromatic N) is 2. The Morgan fingerprint density at radius 3 is 2.43 bits per heavy atom. The first-order valence-corrected chi connectivity index (χ1v) is 11.9. The molecule has 2 aliphatic rings. The third-order valence-corrected chi connectivity index (χ3v) is 7.00. The number of rotatable bonds is 7. The van der Waals surface area contributed by atoms with Gasteiger partial charge in [0.25, 0.3) is 0 Å². The molecule has 1 saturated carbocycles. The Morgan fingerprint density at radius 1 is 1.03 bits per heavy atom. The normalized spacial score (nSPS) is 19.7. The monoisotopic (exact) mass is 427 g/mol. The third kappa shape index (κ3) is 5.31. The molecule has 0 bridgehead atoms. The van der Waals surface area contributed by atoms with Gasteiger partial charge in [0.1, 0.15) is 0 Å². The highest BCUT2D eigenvalue weighted by molar-refractivity contribution is 7.89. The summed E-state index contributed by atoms with van der Waals surface area (Å²) in [6, 6.07) is 17.9. The molecule has 7 nitrogen and oxygen atoms in total. The number of benzene rings is 2. The van der Waals surface area contributed by atoms with Gasteiger partial charge in [-0.1, -0.05) is 30.3 Å². The molecule has 2 fully saturated rings. The Balaban J connectivity index is 1.27. The van der Waals surface area contributed by atoms with Crippen LogP contribution in [0.15, 0.2) is 64.5 Å². The van der Waals surface area contributed by atoms with E-state index in [0.29, 0.717) is 17.5 Å². The van der Waals surface area contributed by atoms with Crippen LogP contribution in [-0.2, 0) is 16.6 Å². The second kappa shape index (κ2) is 9.06. The van der Waals surface area contributed by atoms with Crippen LogP contribution in [0.1, 0.15) is 24.8 Å². The number of anilines is 1. The quantitative estimate of drug-likeness (QED) is 0.465. The van der Waals surface area contributed by atoms with E-state index in [4.69, 9.17) is 0 Å². The van der Waals surface area contributed by atoms with Gasteiger partial charge in [-0.25, -0.2) is 13.1 Å². The fourth-order valence-corrected chi connectivity index (χ4v) is 4.91. The fourth-order valence-electron chi connectivity index (χ4n) is 3.60. The SMILES string of the molecule is CN=C(NCc1ccc(S(=O)(=O)NC2CC2)cc1)NC1CCN(c2ccccc2)C1. The number of para-hydroxylation sites is 1. The van der Waals surface area contributed by atoms with E-state index in [-0.39, 0.29) is 6.04 Å². The highest BCUT2D eigenvalue weighted by Gasteiger charge is 2.28. The molecule has 1 saturated heterocycles. The summed E-state index contributed by atoms with van der Waals surface area (Å²) in [4.78, 5) is 7.02. The maximum Gasteiger partial charge on any atom is 0.240 e. The summed E-state index contributed by atoms with van der Waals surface area (Å²) >= 11 is 0. The molecular formula is C22H29N5O2S. The van der Waals surface area contributed by atoms with Gasteiger partial charge in [-0.15, -0.1) is 0 Å². The Labute approximate surface area is 178 Å². The van der Waals surface area contributed by atoms with Crippen LogP contribution in [0.5, 0.6) is 0 Å². The van der Waals surface area contributed by atoms with Crippen molar-refractivity contribution in [2.75, 3.05) is 25.0 Å². The van der Waals surface area contributed by atoms with Crippen molar-refractivity contribution in [3.63, 3.8) is 0 Å². The lowest BCUT2D eigenvalue weighted by Crippen LogP contribution is -2.44. The van der Waals surface area contributed by atoms with Crippen LogP contribution in [0.25, 0.3) is 0 Å².